The standard InChI is InChI=1S/C11H15NO4/c13-9(12-11(3-4-11)10(14)15)7-5-6-1-2-8(7)16-6/h6-8H,1-5H2,(H,12,13)(H,14,15). The molecule has 3 aliphatic rings. The second kappa shape index (κ2) is 3.20. The zero-order valence-corrected chi connectivity index (χ0v) is 8.94. The van der Waals surface area contributed by atoms with E-state index in [9.17, 15) is 9.59 Å². The number of carbonyl (C=O) groups is 2. The molecule has 3 unspecified atom stereocenters. The van der Waals surface area contributed by atoms with Gasteiger partial charge in [-0.05, 0) is 32.1 Å². The van der Waals surface area contributed by atoms with E-state index >= 15 is 0 Å². The molecule has 2 saturated heterocycles. The summed E-state index contributed by atoms with van der Waals surface area (Å²) in [4.78, 5) is 22.9. The van der Waals surface area contributed by atoms with Gasteiger partial charge in [-0.2, -0.15) is 0 Å². The number of ether oxygens (including phenoxy) is 1. The minimum Gasteiger partial charge on any atom is -0.480 e. The predicted molar refractivity (Wildman–Crippen MR) is 53.7 cm³/mol. The first kappa shape index (κ1) is 10.1. The van der Waals surface area contributed by atoms with Crippen LogP contribution in [0.4, 0.5) is 0 Å². The van der Waals surface area contributed by atoms with Crippen molar-refractivity contribution >= 4 is 11.9 Å². The van der Waals surface area contributed by atoms with Gasteiger partial charge in [0, 0.05) is 0 Å². The van der Waals surface area contributed by atoms with Gasteiger partial charge in [-0.15, -0.1) is 0 Å². The quantitative estimate of drug-likeness (QED) is 0.723. The van der Waals surface area contributed by atoms with Crippen molar-refractivity contribution in [1.82, 2.24) is 5.32 Å². The Morgan fingerprint density at radius 1 is 1.31 bits per heavy atom. The summed E-state index contributed by atoms with van der Waals surface area (Å²) in [5, 5.41) is 11.7. The Morgan fingerprint density at radius 2 is 2.06 bits per heavy atom. The maximum atomic E-state index is 11.9. The highest BCUT2D eigenvalue weighted by molar-refractivity contribution is 5.90. The number of amides is 1. The van der Waals surface area contributed by atoms with Crippen LogP contribution in [0.5, 0.6) is 0 Å². The van der Waals surface area contributed by atoms with Crippen molar-refractivity contribution in [2.45, 2.75) is 49.9 Å². The molecule has 3 atom stereocenters. The second-order valence-corrected chi connectivity index (χ2v) is 5.09. The first-order valence-corrected chi connectivity index (χ1v) is 5.82. The lowest BCUT2D eigenvalue weighted by Crippen LogP contribution is -2.47. The third-order valence-corrected chi connectivity index (χ3v) is 3.96. The fourth-order valence-electron chi connectivity index (χ4n) is 2.76. The smallest absolute Gasteiger partial charge is 0.329 e. The van der Waals surface area contributed by atoms with Gasteiger partial charge in [-0.25, -0.2) is 4.79 Å². The Hall–Kier alpha value is -1.10. The third-order valence-electron chi connectivity index (χ3n) is 3.96. The molecule has 3 rings (SSSR count). The van der Waals surface area contributed by atoms with E-state index in [2.05, 4.69) is 5.32 Å². The maximum Gasteiger partial charge on any atom is 0.329 e. The molecular weight excluding hydrogens is 210 g/mol. The van der Waals surface area contributed by atoms with Crippen molar-refractivity contribution in [3.8, 4) is 0 Å². The van der Waals surface area contributed by atoms with E-state index in [0.29, 0.717) is 12.8 Å². The van der Waals surface area contributed by atoms with Gasteiger partial charge in [-0.1, -0.05) is 0 Å². The minimum absolute atomic E-state index is 0.0228. The predicted octanol–water partition coefficient (Wildman–Crippen LogP) is 0.287. The number of aliphatic carboxylic acids is 1. The van der Waals surface area contributed by atoms with Gasteiger partial charge in [0.2, 0.25) is 5.91 Å². The number of carboxylic acid groups (broad SMARTS) is 1. The highest BCUT2D eigenvalue weighted by Gasteiger charge is 2.54. The molecule has 16 heavy (non-hydrogen) atoms. The highest BCUT2D eigenvalue weighted by atomic mass is 16.5. The molecule has 2 aliphatic heterocycles. The van der Waals surface area contributed by atoms with Gasteiger partial charge >= 0.3 is 5.97 Å². The fourth-order valence-corrected chi connectivity index (χ4v) is 2.76. The average molecular weight is 225 g/mol. The van der Waals surface area contributed by atoms with E-state index in [1.165, 1.54) is 0 Å². The number of fused-ring (bicyclic) bond motifs is 2. The molecule has 0 aromatic rings. The summed E-state index contributed by atoms with van der Waals surface area (Å²) in [5.41, 5.74) is -0.959. The van der Waals surface area contributed by atoms with E-state index in [1.807, 2.05) is 0 Å². The van der Waals surface area contributed by atoms with Crippen LogP contribution in [0.1, 0.15) is 32.1 Å². The van der Waals surface area contributed by atoms with Crippen molar-refractivity contribution in [2.75, 3.05) is 0 Å². The Bertz CT molecular complexity index is 350. The van der Waals surface area contributed by atoms with Crippen LogP contribution in [0.15, 0.2) is 0 Å². The summed E-state index contributed by atoms with van der Waals surface area (Å²) >= 11 is 0. The van der Waals surface area contributed by atoms with Gasteiger partial charge < -0.3 is 15.2 Å². The lowest BCUT2D eigenvalue weighted by atomic mass is 9.88. The van der Waals surface area contributed by atoms with Crippen molar-refractivity contribution in [3.63, 3.8) is 0 Å². The van der Waals surface area contributed by atoms with Crippen molar-refractivity contribution in [3.05, 3.63) is 0 Å². The first-order valence-electron chi connectivity index (χ1n) is 5.82. The number of carbonyl (C=O) groups excluding carboxylic acids is 1. The Morgan fingerprint density at radius 3 is 2.50 bits per heavy atom. The van der Waals surface area contributed by atoms with E-state index < -0.39 is 11.5 Å². The molecule has 2 heterocycles. The summed E-state index contributed by atoms with van der Waals surface area (Å²) in [5.74, 6) is -1.17. The van der Waals surface area contributed by atoms with Crippen molar-refractivity contribution in [2.24, 2.45) is 5.92 Å². The molecule has 0 radical (unpaired) electrons. The summed E-state index contributed by atoms with van der Waals surface area (Å²) in [6.45, 7) is 0. The molecule has 5 heteroatoms. The topological polar surface area (TPSA) is 75.6 Å². The van der Waals surface area contributed by atoms with Crippen LogP contribution < -0.4 is 5.32 Å². The molecule has 0 spiro atoms. The molecule has 2 N–H and O–H groups in total. The Kier molecular flexibility index (Phi) is 2.01. The molecule has 1 amide bonds. The molecule has 3 fully saturated rings. The number of hydrogen-bond donors (Lipinski definition) is 2. The van der Waals surface area contributed by atoms with Crippen LogP contribution in [0, 0.1) is 5.92 Å². The molecule has 0 aromatic heterocycles. The Labute approximate surface area is 93.2 Å². The van der Waals surface area contributed by atoms with E-state index in [4.69, 9.17) is 9.84 Å². The number of carboxylic acids is 1. The fraction of sp³-hybridized carbons (Fsp3) is 0.818. The van der Waals surface area contributed by atoms with Gasteiger partial charge in [-0.3, -0.25) is 4.79 Å². The Balaban J connectivity index is 1.64. The van der Waals surface area contributed by atoms with E-state index in [1.54, 1.807) is 0 Å². The van der Waals surface area contributed by atoms with Crippen molar-refractivity contribution < 1.29 is 19.4 Å². The van der Waals surface area contributed by atoms with Crippen LogP contribution in [0.25, 0.3) is 0 Å². The van der Waals surface area contributed by atoms with Crippen LogP contribution in [0.2, 0.25) is 0 Å². The van der Waals surface area contributed by atoms with E-state index in [0.717, 1.165) is 19.3 Å². The van der Waals surface area contributed by atoms with Crippen LogP contribution >= 0.6 is 0 Å². The zero-order chi connectivity index (χ0) is 11.3. The molecule has 88 valence electrons. The summed E-state index contributed by atoms with van der Waals surface area (Å²) < 4.78 is 5.59. The molecule has 1 saturated carbocycles. The molecule has 5 nitrogen and oxygen atoms in total. The number of hydrogen-bond acceptors (Lipinski definition) is 3. The monoisotopic (exact) mass is 225 g/mol. The first-order chi connectivity index (χ1) is 7.61. The molecular formula is C11H15NO4. The summed E-state index contributed by atoms with van der Waals surface area (Å²) in [6, 6.07) is 0. The maximum absolute atomic E-state index is 11.9. The van der Waals surface area contributed by atoms with E-state index in [-0.39, 0.29) is 24.0 Å². The lowest BCUT2D eigenvalue weighted by molar-refractivity contribution is -0.144. The number of nitrogens with one attached hydrogen (secondary N) is 1. The zero-order valence-electron chi connectivity index (χ0n) is 8.94. The largest absolute Gasteiger partial charge is 0.480 e. The summed E-state index contributed by atoms with van der Waals surface area (Å²) in [7, 11) is 0. The van der Waals surface area contributed by atoms with Gasteiger partial charge in [0.05, 0.1) is 18.1 Å². The average Bonchev–Trinajstić information content (AvgIpc) is 2.75. The molecule has 0 aromatic carbocycles. The molecule has 1 aliphatic carbocycles. The lowest BCUT2D eigenvalue weighted by Gasteiger charge is -2.20. The van der Waals surface area contributed by atoms with Gasteiger partial charge in [0.1, 0.15) is 5.54 Å². The SMILES string of the molecule is O=C(NC1(C(=O)O)CC1)C1CC2CCC1O2. The van der Waals surface area contributed by atoms with Crippen molar-refractivity contribution in [1.29, 1.82) is 0 Å². The normalized spacial score (nSPS) is 38.4. The van der Waals surface area contributed by atoms with Gasteiger partial charge in [0.25, 0.3) is 0 Å². The summed E-state index contributed by atoms with van der Waals surface area (Å²) in [6.07, 6.45) is 4.08. The van der Waals surface area contributed by atoms with Crippen LogP contribution in [-0.2, 0) is 14.3 Å². The molecule has 2 bridgehead atoms. The second-order valence-electron chi connectivity index (χ2n) is 5.09. The minimum atomic E-state index is -0.959. The number of rotatable bonds is 3. The third kappa shape index (κ3) is 1.42. The van der Waals surface area contributed by atoms with Gasteiger partial charge in [0.15, 0.2) is 0 Å². The van der Waals surface area contributed by atoms with Crippen LogP contribution in [-0.4, -0.2) is 34.7 Å². The van der Waals surface area contributed by atoms with Crippen LogP contribution in [0.3, 0.4) is 0 Å². The highest BCUT2D eigenvalue weighted by Crippen LogP contribution is 2.41.